The van der Waals surface area contributed by atoms with E-state index in [9.17, 15) is 4.21 Å². The van der Waals surface area contributed by atoms with Crippen molar-refractivity contribution in [2.75, 3.05) is 11.1 Å². The Balaban J connectivity index is 3.27. The summed E-state index contributed by atoms with van der Waals surface area (Å²) in [7, 11) is 0. The lowest BCUT2D eigenvalue weighted by molar-refractivity contribution is 0.270. The van der Waals surface area contributed by atoms with E-state index in [1.54, 1.807) is 0 Å². The van der Waals surface area contributed by atoms with E-state index in [1.165, 1.54) is 0 Å². The van der Waals surface area contributed by atoms with Crippen molar-refractivity contribution in [3.05, 3.63) is 0 Å². The van der Waals surface area contributed by atoms with Crippen LogP contribution in [0.3, 0.4) is 0 Å². The molecule has 0 aliphatic rings. The fraction of sp³-hybridized carbons (Fsp3) is 1.00. The van der Waals surface area contributed by atoms with E-state index in [-0.39, 0.29) is 6.10 Å². The molecular formula is C5H11BrO2S. The third-order valence-corrected chi connectivity index (χ3v) is 2.60. The van der Waals surface area contributed by atoms with Crippen molar-refractivity contribution in [3.8, 4) is 0 Å². The smallest absolute Gasteiger partial charge is 0.156 e. The van der Waals surface area contributed by atoms with Crippen LogP contribution in [-0.4, -0.2) is 21.4 Å². The van der Waals surface area contributed by atoms with E-state index in [0.29, 0.717) is 5.75 Å². The summed E-state index contributed by atoms with van der Waals surface area (Å²) in [6.07, 6.45) is 0.0601. The molecule has 0 bridgehead atoms. The molecule has 0 aromatic rings. The number of hydrogen-bond donors (Lipinski definition) is 0. The molecule has 0 fully saturated rings. The molecule has 1 unspecified atom stereocenters. The molecule has 0 N–H and O–H groups in total. The van der Waals surface area contributed by atoms with Crippen molar-refractivity contribution in [1.82, 2.24) is 0 Å². The first-order chi connectivity index (χ1) is 4.16. The van der Waals surface area contributed by atoms with Gasteiger partial charge < -0.3 is 0 Å². The van der Waals surface area contributed by atoms with E-state index in [2.05, 4.69) is 15.9 Å². The van der Waals surface area contributed by atoms with E-state index in [4.69, 9.17) is 4.18 Å². The molecule has 0 spiro atoms. The Bertz CT molecular complexity index is 95.0. The van der Waals surface area contributed by atoms with Crippen molar-refractivity contribution in [3.63, 3.8) is 0 Å². The summed E-state index contributed by atoms with van der Waals surface area (Å²) in [4.78, 5) is 0. The quantitative estimate of drug-likeness (QED) is 0.664. The average molecular weight is 215 g/mol. The van der Waals surface area contributed by atoms with Crippen molar-refractivity contribution in [1.29, 1.82) is 0 Å². The minimum Gasteiger partial charge on any atom is -0.288 e. The monoisotopic (exact) mass is 214 g/mol. The Morgan fingerprint density at radius 2 is 2.22 bits per heavy atom. The fourth-order valence-corrected chi connectivity index (χ4v) is 1.77. The highest BCUT2D eigenvalue weighted by Crippen LogP contribution is 1.94. The van der Waals surface area contributed by atoms with Crippen LogP contribution in [0.1, 0.15) is 13.8 Å². The van der Waals surface area contributed by atoms with Crippen LogP contribution >= 0.6 is 15.9 Å². The van der Waals surface area contributed by atoms with Gasteiger partial charge in [-0.05, 0) is 13.8 Å². The lowest BCUT2D eigenvalue weighted by atomic mass is 10.5. The molecule has 9 heavy (non-hydrogen) atoms. The summed E-state index contributed by atoms with van der Waals surface area (Å²) in [6, 6.07) is 0. The van der Waals surface area contributed by atoms with Crippen LogP contribution in [0.25, 0.3) is 0 Å². The number of hydrogen-bond acceptors (Lipinski definition) is 2. The highest BCUT2D eigenvalue weighted by molar-refractivity contribution is 9.09. The predicted molar refractivity (Wildman–Crippen MR) is 43.0 cm³/mol. The summed E-state index contributed by atoms with van der Waals surface area (Å²) in [5, 5.41) is 0.729. The fourth-order valence-electron chi connectivity index (χ4n) is 0.326. The maximum atomic E-state index is 10.7. The predicted octanol–water partition coefficient (Wildman–Crippen LogP) is 1.47. The first kappa shape index (κ1) is 9.59. The third kappa shape index (κ3) is 6.48. The zero-order valence-electron chi connectivity index (χ0n) is 5.59. The molecule has 0 aliphatic heterocycles. The van der Waals surface area contributed by atoms with Crippen LogP contribution in [0.2, 0.25) is 0 Å². The van der Waals surface area contributed by atoms with Gasteiger partial charge >= 0.3 is 0 Å². The summed E-state index contributed by atoms with van der Waals surface area (Å²) >= 11 is 2.07. The molecule has 2 nitrogen and oxygen atoms in total. The van der Waals surface area contributed by atoms with Gasteiger partial charge in [-0.15, -0.1) is 0 Å². The van der Waals surface area contributed by atoms with Crippen molar-refractivity contribution in [2.24, 2.45) is 0 Å². The summed E-state index contributed by atoms with van der Waals surface area (Å²) < 4.78 is 15.6. The largest absolute Gasteiger partial charge is 0.288 e. The highest BCUT2D eigenvalue weighted by atomic mass is 79.9. The van der Waals surface area contributed by atoms with E-state index >= 15 is 0 Å². The SMILES string of the molecule is CC(C)OS(=O)CCBr. The number of rotatable bonds is 4. The van der Waals surface area contributed by atoms with Gasteiger partial charge in [0.05, 0.1) is 11.9 Å². The van der Waals surface area contributed by atoms with Crippen LogP contribution < -0.4 is 0 Å². The van der Waals surface area contributed by atoms with E-state index in [1.807, 2.05) is 13.8 Å². The highest BCUT2D eigenvalue weighted by Gasteiger charge is 2.00. The molecule has 0 saturated heterocycles. The van der Waals surface area contributed by atoms with Crippen LogP contribution in [0, 0.1) is 0 Å². The zero-order valence-corrected chi connectivity index (χ0v) is 8.00. The Morgan fingerprint density at radius 1 is 1.67 bits per heavy atom. The minimum atomic E-state index is -1.10. The molecule has 0 aromatic heterocycles. The normalized spacial score (nSPS) is 14.2. The lowest BCUT2D eigenvalue weighted by Crippen LogP contribution is -2.09. The van der Waals surface area contributed by atoms with Gasteiger partial charge in [-0.3, -0.25) is 4.18 Å². The maximum absolute atomic E-state index is 10.7. The number of alkyl halides is 1. The number of halogens is 1. The second kappa shape index (κ2) is 5.38. The van der Waals surface area contributed by atoms with Gasteiger partial charge in [0.25, 0.3) is 0 Å². The molecule has 56 valence electrons. The summed E-state index contributed by atoms with van der Waals surface area (Å²) in [5.41, 5.74) is 0. The van der Waals surface area contributed by atoms with Crippen LogP contribution in [0.15, 0.2) is 0 Å². The van der Waals surface area contributed by atoms with Gasteiger partial charge in [-0.2, -0.15) is 0 Å². The van der Waals surface area contributed by atoms with Crippen molar-refractivity contribution < 1.29 is 8.39 Å². The van der Waals surface area contributed by atoms with Gasteiger partial charge in [0, 0.05) is 5.33 Å². The first-order valence-corrected chi connectivity index (χ1v) is 5.15. The molecule has 0 saturated carbocycles. The van der Waals surface area contributed by atoms with Gasteiger partial charge in [0.2, 0.25) is 0 Å². The molecule has 0 aliphatic carbocycles. The second-order valence-corrected chi connectivity index (χ2v) is 3.84. The average Bonchev–Trinajstić information content (AvgIpc) is 1.63. The summed E-state index contributed by atoms with van der Waals surface area (Å²) in [5.74, 6) is 0.568. The molecule has 0 heterocycles. The second-order valence-electron chi connectivity index (χ2n) is 1.84. The molecule has 0 radical (unpaired) electrons. The zero-order chi connectivity index (χ0) is 7.28. The molecule has 1 atom stereocenters. The lowest BCUT2D eigenvalue weighted by Gasteiger charge is -2.03. The van der Waals surface area contributed by atoms with Crippen molar-refractivity contribution >= 4 is 27.0 Å². The molecular weight excluding hydrogens is 204 g/mol. The Labute approximate surface area is 66.8 Å². The standard InChI is InChI=1S/C5H11BrO2S/c1-5(2)8-9(7)4-3-6/h5H,3-4H2,1-2H3. The first-order valence-electron chi connectivity index (χ1n) is 2.78. The third-order valence-electron chi connectivity index (χ3n) is 0.544. The van der Waals surface area contributed by atoms with Gasteiger partial charge in [0.1, 0.15) is 0 Å². The maximum Gasteiger partial charge on any atom is 0.156 e. The van der Waals surface area contributed by atoms with Crippen LogP contribution in [-0.2, 0) is 15.3 Å². The van der Waals surface area contributed by atoms with Crippen LogP contribution in [0.4, 0.5) is 0 Å². The van der Waals surface area contributed by atoms with E-state index in [0.717, 1.165) is 5.33 Å². The van der Waals surface area contributed by atoms with Crippen molar-refractivity contribution in [2.45, 2.75) is 20.0 Å². The van der Waals surface area contributed by atoms with Gasteiger partial charge in [-0.25, -0.2) is 4.21 Å². The Hall–Kier alpha value is 0.590. The van der Waals surface area contributed by atoms with E-state index < -0.39 is 11.1 Å². The van der Waals surface area contributed by atoms with Gasteiger partial charge in [0.15, 0.2) is 11.1 Å². The Kier molecular flexibility index (Phi) is 5.73. The van der Waals surface area contributed by atoms with Gasteiger partial charge in [-0.1, -0.05) is 15.9 Å². The Morgan fingerprint density at radius 3 is 2.56 bits per heavy atom. The molecule has 0 aromatic carbocycles. The minimum absolute atomic E-state index is 0.0601. The van der Waals surface area contributed by atoms with Crippen LogP contribution in [0.5, 0.6) is 0 Å². The summed E-state index contributed by atoms with van der Waals surface area (Å²) in [6.45, 7) is 3.73. The topological polar surface area (TPSA) is 26.3 Å². The molecule has 0 amide bonds. The molecule has 0 rings (SSSR count). The molecule has 4 heteroatoms.